The fraction of sp³-hybridized carbons (Fsp3) is 0.583. The first-order valence-corrected chi connectivity index (χ1v) is 7.04. The minimum Gasteiger partial charge on any atom is -0.370 e. The van der Waals surface area contributed by atoms with Crippen molar-refractivity contribution in [3.63, 3.8) is 0 Å². The van der Waals surface area contributed by atoms with Crippen molar-refractivity contribution in [3.05, 3.63) is 22.9 Å². The van der Waals surface area contributed by atoms with Gasteiger partial charge in [0.1, 0.15) is 0 Å². The van der Waals surface area contributed by atoms with Crippen LogP contribution in [0.15, 0.2) is 22.9 Å². The SMILES string of the molecule is ClCCC1CCCN(c2ccncc2Br)C1. The third-order valence-electron chi connectivity index (χ3n) is 3.13. The molecule has 2 rings (SSSR count). The van der Waals surface area contributed by atoms with E-state index in [2.05, 4.69) is 31.9 Å². The van der Waals surface area contributed by atoms with E-state index in [9.17, 15) is 0 Å². The average molecular weight is 304 g/mol. The summed E-state index contributed by atoms with van der Waals surface area (Å²) in [6.07, 6.45) is 7.41. The van der Waals surface area contributed by atoms with Gasteiger partial charge in [0.15, 0.2) is 0 Å². The zero-order valence-corrected chi connectivity index (χ0v) is 11.5. The summed E-state index contributed by atoms with van der Waals surface area (Å²) in [4.78, 5) is 6.54. The van der Waals surface area contributed by atoms with Crippen molar-refractivity contribution in [3.8, 4) is 0 Å². The molecule has 1 fully saturated rings. The van der Waals surface area contributed by atoms with Gasteiger partial charge in [0.25, 0.3) is 0 Å². The molecule has 0 radical (unpaired) electrons. The standard InChI is InChI=1S/C12H16BrClN2/c13-11-8-15-6-4-12(11)16-7-1-2-10(9-16)3-5-14/h4,6,8,10H,1-3,5,7,9H2. The van der Waals surface area contributed by atoms with Crippen LogP contribution in [-0.4, -0.2) is 24.0 Å². The van der Waals surface area contributed by atoms with Gasteiger partial charge in [-0.3, -0.25) is 4.98 Å². The number of hydrogen-bond acceptors (Lipinski definition) is 2. The van der Waals surface area contributed by atoms with Crippen molar-refractivity contribution in [2.75, 3.05) is 23.9 Å². The Morgan fingerprint density at radius 1 is 1.56 bits per heavy atom. The van der Waals surface area contributed by atoms with Crippen molar-refractivity contribution in [1.29, 1.82) is 0 Å². The second kappa shape index (κ2) is 5.87. The van der Waals surface area contributed by atoms with Crippen LogP contribution in [0.25, 0.3) is 0 Å². The van der Waals surface area contributed by atoms with Crippen LogP contribution in [0.5, 0.6) is 0 Å². The Morgan fingerprint density at radius 2 is 2.44 bits per heavy atom. The highest BCUT2D eigenvalue weighted by Crippen LogP contribution is 2.30. The fourth-order valence-electron chi connectivity index (χ4n) is 2.30. The Bertz CT molecular complexity index is 344. The van der Waals surface area contributed by atoms with Gasteiger partial charge in [0.05, 0.1) is 10.2 Å². The van der Waals surface area contributed by atoms with Gasteiger partial charge in [-0.1, -0.05) is 0 Å². The predicted molar refractivity (Wildman–Crippen MR) is 72.2 cm³/mol. The molecule has 0 amide bonds. The Morgan fingerprint density at radius 3 is 3.19 bits per heavy atom. The normalized spacial score (nSPS) is 21.1. The minimum absolute atomic E-state index is 0.742. The first-order valence-electron chi connectivity index (χ1n) is 5.71. The first-order chi connectivity index (χ1) is 7.81. The van der Waals surface area contributed by atoms with Crippen LogP contribution in [0.4, 0.5) is 5.69 Å². The van der Waals surface area contributed by atoms with E-state index in [1.54, 1.807) is 0 Å². The monoisotopic (exact) mass is 302 g/mol. The van der Waals surface area contributed by atoms with Crippen molar-refractivity contribution in [2.45, 2.75) is 19.3 Å². The van der Waals surface area contributed by atoms with E-state index in [1.165, 1.54) is 18.5 Å². The van der Waals surface area contributed by atoms with Crippen LogP contribution >= 0.6 is 27.5 Å². The Labute approximate surface area is 110 Å². The summed E-state index contributed by atoms with van der Waals surface area (Å²) >= 11 is 9.38. The molecule has 2 nitrogen and oxygen atoms in total. The summed E-state index contributed by atoms with van der Waals surface area (Å²) < 4.78 is 1.08. The lowest BCUT2D eigenvalue weighted by Crippen LogP contribution is -2.35. The third-order valence-corrected chi connectivity index (χ3v) is 3.96. The van der Waals surface area contributed by atoms with Crippen LogP contribution in [0.3, 0.4) is 0 Å². The molecule has 1 atom stereocenters. The zero-order valence-electron chi connectivity index (χ0n) is 9.20. The summed E-state index contributed by atoms with van der Waals surface area (Å²) in [6, 6.07) is 2.08. The molecule has 0 spiro atoms. The molecule has 88 valence electrons. The lowest BCUT2D eigenvalue weighted by atomic mass is 9.95. The number of piperidine rings is 1. The maximum Gasteiger partial charge on any atom is 0.0592 e. The molecule has 1 unspecified atom stereocenters. The molecule has 0 aliphatic carbocycles. The molecule has 2 heterocycles. The van der Waals surface area contributed by atoms with Crippen molar-refractivity contribution in [2.24, 2.45) is 5.92 Å². The topological polar surface area (TPSA) is 16.1 Å². The van der Waals surface area contributed by atoms with Crippen LogP contribution in [0, 0.1) is 5.92 Å². The fourth-order valence-corrected chi connectivity index (χ4v) is 3.11. The lowest BCUT2D eigenvalue weighted by molar-refractivity contribution is 0.406. The second-order valence-electron chi connectivity index (χ2n) is 4.26. The van der Waals surface area contributed by atoms with Gasteiger partial charge in [-0.25, -0.2) is 0 Å². The quantitative estimate of drug-likeness (QED) is 0.792. The van der Waals surface area contributed by atoms with Gasteiger partial charge in [-0.15, -0.1) is 11.6 Å². The Balaban J connectivity index is 2.07. The zero-order chi connectivity index (χ0) is 11.4. The van der Waals surface area contributed by atoms with Gasteiger partial charge in [-0.2, -0.15) is 0 Å². The molecule has 1 saturated heterocycles. The van der Waals surface area contributed by atoms with E-state index in [0.29, 0.717) is 0 Å². The summed E-state index contributed by atoms with van der Waals surface area (Å²) in [5, 5.41) is 0. The highest BCUT2D eigenvalue weighted by molar-refractivity contribution is 9.10. The molecular formula is C12H16BrClN2. The highest BCUT2D eigenvalue weighted by Gasteiger charge is 2.20. The molecular weight excluding hydrogens is 288 g/mol. The Hall–Kier alpha value is -0.280. The van der Waals surface area contributed by atoms with Crippen molar-refractivity contribution < 1.29 is 0 Å². The molecule has 1 aromatic rings. The Kier molecular flexibility index (Phi) is 4.47. The number of alkyl halides is 1. The maximum absolute atomic E-state index is 5.82. The van der Waals surface area contributed by atoms with E-state index < -0.39 is 0 Å². The smallest absolute Gasteiger partial charge is 0.0592 e. The van der Waals surface area contributed by atoms with Crippen LogP contribution in [0.2, 0.25) is 0 Å². The van der Waals surface area contributed by atoms with Crippen molar-refractivity contribution in [1.82, 2.24) is 4.98 Å². The average Bonchev–Trinajstić information content (AvgIpc) is 2.30. The van der Waals surface area contributed by atoms with Crippen LogP contribution < -0.4 is 4.90 Å². The van der Waals surface area contributed by atoms with Gasteiger partial charge >= 0.3 is 0 Å². The number of nitrogens with zero attached hydrogens (tertiary/aromatic N) is 2. The molecule has 4 heteroatoms. The molecule has 1 aliphatic heterocycles. The van der Waals surface area contributed by atoms with Crippen LogP contribution in [0.1, 0.15) is 19.3 Å². The summed E-state index contributed by atoms with van der Waals surface area (Å²) in [6.45, 7) is 2.26. The van der Waals surface area contributed by atoms with Gasteiger partial charge in [0.2, 0.25) is 0 Å². The number of rotatable bonds is 3. The molecule has 0 aromatic carbocycles. The van der Waals surface area contributed by atoms with E-state index in [-0.39, 0.29) is 0 Å². The summed E-state index contributed by atoms with van der Waals surface area (Å²) in [7, 11) is 0. The number of pyridine rings is 1. The molecule has 1 aliphatic rings. The number of aromatic nitrogens is 1. The minimum atomic E-state index is 0.742. The highest BCUT2D eigenvalue weighted by atomic mass is 79.9. The number of hydrogen-bond donors (Lipinski definition) is 0. The van der Waals surface area contributed by atoms with Gasteiger partial charge in [0, 0.05) is 31.4 Å². The molecule has 0 bridgehead atoms. The van der Waals surface area contributed by atoms with E-state index >= 15 is 0 Å². The van der Waals surface area contributed by atoms with Gasteiger partial charge < -0.3 is 4.90 Å². The van der Waals surface area contributed by atoms with Crippen molar-refractivity contribution >= 4 is 33.2 Å². The largest absolute Gasteiger partial charge is 0.370 e. The first kappa shape index (κ1) is 12.2. The maximum atomic E-state index is 5.82. The van der Waals surface area contributed by atoms with Gasteiger partial charge in [-0.05, 0) is 47.2 Å². The lowest BCUT2D eigenvalue weighted by Gasteiger charge is -2.34. The molecule has 0 N–H and O–H groups in total. The predicted octanol–water partition coefficient (Wildman–Crippen LogP) is 3.69. The molecule has 1 aromatic heterocycles. The number of anilines is 1. The van der Waals surface area contributed by atoms with E-state index in [4.69, 9.17) is 11.6 Å². The summed E-state index contributed by atoms with van der Waals surface area (Å²) in [5.74, 6) is 1.52. The second-order valence-corrected chi connectivity index (χ2v) is 5.49. The molecule has 0 saturated carbocycles. The van der Waals surface area contributed by atoms with E-state index in [0.717, 1.165) is 35.8 Å². The summed E-state index contributed by atoms with van der Waals surface area (Å²) in [5.41, 5.74) is 1.26. The third kappa shape index (κ3) is 2.89. The van der Waals surface area contributed by atoms with E-state index in [1.807, 2.05) is 12.4 Å². The van der Waals surface area contributed by atoms with Crippen LogP contribution in [-0.2, 0) is 0 Å². The molecule has 16 heavy (non-hydrogen) atoms. The number of halogens is 2.